The number of rotatable bonds is 8. The van der Waals surface area contributed by atoms with Crippen LogP contribution in [0.2, 0.25) is 0 Å². The fourth-order valence-electron chi connectivity index (χ4n) is 4.08. The summed E-state index contributed by atoms with van der Waals surface area (Å²) in [6.07, 6.45) is 0.604. The molecule has 0 saturated carbocycles. The van der Waals surface area contributed by atoms with Crippen LogP contribution < -0.4 is 20.9 Å². The molecule has 4 rings (SSSR count). The number of nitrogens with one attached hydrogen (secondary N) is 3. The van der Waals surface area contributed by atoms with E-state index in [9.17, 15) is 18.4 Å². The van der Waals surface area contributed by atoms with Gasteiger partial charge >= 0.3 is 0 Å². The van der Waals surface area contributed by atoms with E-state index in [4.69, 9.17) is 0 Å². The van der Waals surface area contributed by atoms with Crippen LogP contribution in [-0.4, -0.2) is 44.4 Å². The molecule has 1 aliphatic heterocycles. The van der Waals surface area contributed by atoms with Gasteiger partial charge in [0.2, 0.25) is 0 Å². The molecule has 1 saturated heterocycles. The predicted molar refractivity (Wildman–Crippen MR) is 128 cm³/mol. The molecule has 3 N–H and O–H groups in total. The Morgan fingerprint density at radius 3 is 2.38 bits per heavy atom. The van der Waals surface area contributed by atoms with Crippen LogP contribution >= 0.6 is 0 Å². The minimum atomic E-state index is -1.05. The molecule has 1 heterocycles. The molecule has 0 radical (unpaired) electrons. The lowest BCUT2D eigenvalue weighted by atomic mass is 9.98. The van der Waals surface area contributed by atoms with Crippen LogP contribution in [0.3, 0.4) is 0 Å². The van der Waals surface area contributed by atoms with E-state index in [-0.39, 0.29) is 5.56 Å². The number of benzene rings is 3. The number of hydrogen-bond acceptors (Lipinski definition) is 5. The maximum atomic E-state index is 14.3. The lowest BCUT2D eigenvalue weighted by Gasteiger charge is -2.33. The Morgan fingerprint density at radius 1 is 0.971 bits per heavy atom. The fourth-order valence-corrected chi connectivity index (χ4v) is 4.08. The van der Waals surface area contributed by atoms with Crippen LogP contribution in [-0.2, 0) is 4.79 Å². The van der Waals surface area contributed by atoms with Crippen molar-refractivity contribution >= 4 is 23.6 Å². The van der Waals surface area contributed by atoms with Gasteiger partial charge in [0.1, 0.15) is 24.0 Å². The highest BCUT2D eigenvalue weighted by Gasteiger charge is 2.27. The summed E-state index contributed by atoms with van der Waals surface area (Å²) in [5.74, 6) is -1.81. The third kappa shape index (κ3) is 5.40. The molecule has 0 aromatic heterocycles. The zero-order valence-corrected chi connectivity index (χ0v) is 18.5. The van der Waals surface area contributed by atoms with E-state index in [2.05, 4.69) is 20.9 Å². The number of amides is 1. The van der Waals surface area contributed by atoms with Crippen molar-refractivity contribution in [3.63, 3.8) is 0 Å². The minimum absolute atomic E-state index is 0.159. The van der Waals surface area contributed by atoms with Crippen LogP contribution in [0.1, 0.15) is 22.0 Å². The van der Waals surface area contributed by atoms with Gasteiger partial charge in [0.15, 0.2) is 0 Å². The summed E-state index contributed by atoms with van der Waals surface area (Å²) in [6.45, 7) is 3.10. The van der Waals surface area contributed by atoms with Gasteiger partial charge in [0.05, 0.1) is 23.0 Å². The van der Waals surface area contributed by atoms with Crippen molar-refractivity contribution in [2.75, 3.05) is 36.4 Å². The zero-order valence-electron chi connectivity index (χ0n) is 18.5. The highest BCUT2D eigenvalue weighted by atomic mass is 19.1. The Morgan fingerprint density at radius 2 is 1.68 bits per heavy atom. The molecule has 3 aromatic carbocycles. The molecule has 1 aliphatic rings. The number of carbonyl (C=O) groups is 2. The van der Waals surface area contributed by atoms with Crippen molar-refractivity contribution in [3.8, 4) is 0 Å². The molecule has 2 unspecified atom stereocenters. The Hall–Kier alpha value is -3.78. The summed E-state index contributed by atoms with van der Waals surface area (Å²) in [5.41, 5.74) is 1.86. The summed E-state index contributed by atoms with van der Waals surface area (Å²) in [5, 5.41) is 9.20. The Labute approximate surface area is 197 Å². The average Bonchev–Trinajstić information content (AvgIpc) is 2.87. The summed E-state index contributed by atoms with van der Waals surface area (Å²) < 4.78 is 28.4. The van der Waals surface area contributed by atoms with Gasteiger partial charge in [-0.15, -0.1) is 0 Å². The van der Waals surface area contributed by atoms with Crippen LogP contribution in [0.25, 0.3) is 0 Å². The third-order valence-corrected chi connectivity index (χ3v) is 5.81. The van der Waals surface area contributed by atoms with Crippen molar-refractivity contribution in [2.24, 2.45) is 0 Å². The molecule has 2 atom stereocenters. The second kappa shape index (κ2) is 10.9. The molecule has 0 spiro atoms. The number of aldehydes is 1. The first kappa shape index (κ1) is 23.4. The van der Waals surface area contributed by atoms with E-state index in [1.807, 2.05) is 30.3 Å². The summed E-state index contributed by atoms with van der Waals surface area (Å²) >= 11 is 0. The number of nitrogens with zero attached hydrogens (tertiary/aromatic N) is 1. The Balaban J connectivity index is 1.67. The summed E-state index contributed by atoms with van der Waals surface area (Å²) in [6, 6.07) is 17.4. The summed E-state index contributed by atoms with van der Waals surface area (Å²) in [4.78, 5) is 27.1. The number of carbonyl (C=O) groups excluding carboxylic acids is 2. The van der Waals surface area contributed by atoms with Crippen molar-refractivity contribution in [1.82, 2.24) is 10.6 Å². The van der Waals surface area contributed by atoms with E-state index < -0.39 is 29.6 Å². The van der Waals surface area contributed by atoms with E-state index in [0.717, 1.165) is 31.9 Å². The maximum absolute atomic E-state index is 14.3. The number of halogens is 2. The summed E-state index contributed by atoms with van der Waals surface area (Å²) in [7, 11) is 0. The van der Waals surface area contributed by atoms with E-state index in [0.29, 0.717) is 17.5 Å². The normalized spacial score (nSPS) is 15.3. The van der Waals surface area contributed by atoms with Gasteiger partial charge in [-0.2, -0.15) is 0 Å². The van der Waals surface area contributed by atoms with Gasteiger partial charge in [0.25, 0.3) is 5.91 Å². The van der Waals surface area contributed by atoms with Crippen LogP contribution in [0.15, 0.2) is 72.8 Å². The first-order valence-electron chi connectivity index (χ1n) is 11.1. The van der Waals surface area contributed by atoms with E-state index in [1.54, 1.807) is 12.1 Å². The molecule has 8 heteroatoms. The van der Waals surface area contributed by atoms with Gasteiger partial charge in [-0.1, -0.05) is 42.5 Å². The second-order valence-electron chi connectivity index (χ2n) is 8.05. The number of piperazine rings is 1. The van der Waals surface area contributed by atoms with Gasteiger partial charge in [0, 0.05) is 26.2 Å². The Kier molecular flexibility index (Phi) is 7.49. The van der Waals surface area contributed by atoms with Gasteiger partial charge < -0.3 is 25.6 Å². The van der Waals surface area contributed by atoms with Crippen molar-refractivity contribution in [1.29, 1.82) is 0 Å². The van der Waals surface area contributed by atoms with E-state index in [1.165, 1.54) is 30.3 Å². The standard InChI is InChI=1S/C26H26F2N4O2/c27-19-10-11-24(32-14-12-29-13-15-32)22(16-19)30-25(18-6-2-1-3-7-18)23(17-33)31-26(34)20-8-4-5-9-21(20)28/h1-11,16-17,23,25,29-30H,12-15H2,(H,31,34). The quantitative estimate of drug-likeness (QED) is 0.445. The van der Waals surface area contributed by atoms with Gasteiger partial charge in [-0.3, -0.25) is 4.79 Å². The molecule has 0 bridgehead atoms. The highest BCUT2D eigenvalue weighted by Crippen LogP contribution is 2.32. The average molecular weight is 465 g/mol. The van der Waals surface area contributed by atoms with E-state index >= 15 is 0 Å². The molecule has 0 aliphatic carbocycles. The number of hydrogen-bond donors (Lipinski definition) is 3. The Bertz CT molecular complexity index is 1140. The highest BCUT2D eigenvalue weighted by molar-refractivity contribution is 5.96. The van der Waals surface area contributed by atoms with Crippen LogP contribution in [0.4, 0.5) is 20.2 Å². The third-order valence-electron chi connectivity index (χ3n) is 5.81. The van der Waals surface area contributed by atoms with Crippen molar-refractivity contribution in [3.05, 3.63) is 95.6 Å². The maximum Gasteiger partial charge on any atom is 0.254 e. The molecule has 1 amide bonds. The molecular formula is C26H26F2N4O2. The lowest BCUT2D eigenvalue weighted by Crippen LogP contribution is -2.45. The molecular weight excluding hydrogens is 438 g/mol. The molecule has 1 fully saturated rings. The monoisotopic (exact) mass is 464 g/mol. The second-order valence-corrected chi connectivity index (χ2v) is 8.05. The van der Waals surface area contributed by atoms with Crippen LogP contribution in [0, 0.1) is 11.6 Å². The molecule has 34 heavy (non-hydrogen) atoms. The largest absolute Gasteiger partial charge is 0.374 e. The van der Waals surface area contributed by atoms with Gasteiger partial charge in [-0.05, 0) is 35.9 Å². The number of anilines is 2. The smallest absolute Gasteiger partial charge is 0.254 e. The van der Waals surface area contributed by atoms with Crippen molar-refractivity contribution in [2.45, 2.75) is 12.1 Å². The van der Waals surface area contributed by atoms with Crippen LogP contribution in [0.5, 0.6) is 0 Å². The molecule has 176 valence electrons. The first-order valence-corrected chi connectivity index (χ1v) is 11.1. The van der Waals surface area contributed by atoms with Crippen molar-refractivity contribution < 1.29 is 18.4 Å². The lowest BCUT2D eigenvalue weighted by molar-refractivity contribution is -0.109. The minimum Gasteiger partial charge on any atom is -0.374 e. The zero-order chi connectivity index (χ0) is 23.9. The SMILES string of the molecule is O=CC(NC(=O)c1ccccc1F)C(Nc1cc(F)ccc1N1CCNCC1)c1ccccc1. The molecule has 3 aromatic rings. The molecule has 6 nitrogen and oxygen atoms in total. The predicted octanol–water partition coefficient (Wildman–Crippen LogP) is 3.53. The van der Waals surface area contributed by atoms with Gasteiger partial charge in [-0.25, -0.2) is 8.78 Å². The fraction of sp³-hybridized carbons (Fsp3) is 0.231. The first-order chi connectivity index (χ1) is 16.6. The topological polar surface area (TPSA) is 73.5 Å².